The van der Waals surface area contributed by atoms with Crippen molar-refractivity contribution in [3.63, 3.8) is 0 Å². The van der Waals surface area contributed by atoms with Gasteiger partial charge in [0.1, 0.15) is 6.07 Å². The highest BCUT2D eigenvalue weighted by Gasteiger charge is 2.15. The van der Waals surface area contributed by atoms with Crippen molar-refractivity contribution in [2.45, 2.75) is 6.92 Å². The second kappa shape index (κ2) is 7.34. The molecule has 0 radical (unpaired) electrons. The van der Waals surface area contributed by atoms with Gasteiger partial charge in [0.05, 0.1) is 23.3 Å². The largest absolute Gasteiger partial charge is 0.462 e. The second-order valence-corrected chi connectivity index (χ2v) is 6.22. The van der Waals surface area contributed by atoms with E-state index in [1.54, 1.807) is 63.6 Å². The van der Waals surface area contributed by atoms with Crippen molar-refractivity contribution in [1.82, 2.24) is 9.47 Å². The van der Waals surface area contributed by atoms with Gasteiger partial charge in [-0.1, -0.05) is 0 Å². The van der Waals surface area contributed by atoms with Gasteiger partial charge in [-0.15, -0.1) is 0 Å². The van der Waals surface area contributed by atoms with Gasteiger partial charge < -0.3 is 14.2 Å². The molecule has 0 bridgehead atoms. The molecule has 3 aromatic rings. The Bertz CT molecular complexity index is 1060. The zero-order valence-corrected chi connectivity index (χ0v) is 15.4. The Morgan fingerprint density at radius 3 is 2.37 bits per heavy atom. The first-order valence-corrected chi connectivity index (χ1v) is 8.50. The molecule has 0 aliphatic heterocycles. The van der Waals surface area contributed by atoms with Gasteiger partial charge in [0.15, 0.2) is 0 Å². The number of carbonyl (C=O) groups excluding carboxylic acids is 2. The predicted molar refractivity (Wildman–Crippen MR) is 102 cm³/mol. The quantitative estimate of drug-likeness (QED) is 0.668. The molecule has 0 spiro atoms. The Hall–Kier alpha value is -3.59. The number of fused-ring (bicyclic) bond motifs is 1. The lowest BCUT2D eigenvalue weighted by Crippen LogP contribution is -2.21. The van der Waals surface area contributed by atoms with Crippen LogP contribution in [0.1, 0.15) is 33.2 Å². The lowest BCUT2D eigenvalue weighted by molar-refractivity contribution is 0.0526. The topological polar surface area (TPSA) is 75.3 Å². The number of hydrogen-bond acceptors (Lipinski definition) is 4. The third kappa shape index (κ3) is 3.40. The van der Waals surface area contributed by atoms with Crippen LogP contribution < -0.4 is 0 Å². The molecule has 0 aliphatic carbocycles. The SMILES string of the molecule is CCOC(=O)c1ccc(-n2cc(C#N)c3cc(C(=O)N(C)C)ccc32)cc1. The summed E-state index contributed by atoms with van der Waals surface area (Å²) in [6.45, 7) is 2.08. The molecule has 0 aliphatic rings. The molecule has 6 nitrogen and oxygen atoms in total. The van der Waals surface area contributed by atoms with E-state index in [4.69, 9.17) is 4.74 Å². The maximum Gasteiger partial charge on any atom is 0.338 e. The Balaban J connectivity index is 2.06. The fraction of sp³-hybridized carbons (Fsp3) is 0.190. The summed E-state index contributed by atoms with van der Waals surface area (Å²) in [5.74, 6) is -0.488. The first-order valence-electron chi connectivity index (χ1n) is 8.50. The van der Waals surface area contributed by atoms with Crippen molar-refractivity contribution >= 4 is 22.8 Å². The summed E-state index contributed by atoms with van der Waals surface area (Å²) in [5.41, 5.74) is 3.09. The van der Waals surface area contributed by atoms with Gasteiger partial charge in [0, 0.05) is 36.9 Å². The van der Waals surface area contributed by atoms with Gasteiger partial charge in [-0.25, -0.2) is 4.79 Å². The molecule has 0 saturated carbocycles. The third-order valence-corrected chi connectivity index (χ3v) is 4.23. The average molecular weight is 361 g/mol. The maximum atomic E-state index is 12.2. The summed E-state index contributed by atoms with van der Waals surface area (Å²) in [6.07, 6.45) is 1.73. The normalized spacial score (nSPS) is 10.4. The second-order valence-electron chi connectivity index (χ2n) is 6.22. The summed E-state index contributed by atoms with van der Waals surface area (Å²) in [4.78, 5) is 25.5. The van der Waals surface area contributed by atoms with Crippen LogP contribution in [0.25, 0.3) is 16.6 Å². The summed E-state index contributed by atoms with van der Waals surface area (Å²) in [7, 11) is 3.38. The fourth-order valence-electron chi connectivity index (χ4n) is 2.90. The van der Waals surface area contributed by atoms with Gasteiger partial charge in [-0.2, -0.15) is 5.26 Å². The highest BCUT2D eigenvalue weighted by atomic mass is 16.5. The zero-order valence-electron chi connectivity index (χ0n) is 15.4. The number of rotatable bonds is 4. The molecule has 1 heterocycles. The Labute approximate surface area is 157 Å². The van der Waals surface area contributed by atoms with Crippen LogP contribution in [0, 0.1) is 11.3 Å². The number of amides is 1. The van der Waals surface area contributed by atoms with Crippen molar-refractivity contribution in [3.05, 3.63) is 65.4 Å². The fourth-order valence-corrected chi connectivity index (χ4v) is 2.90. The highest BCUT2D eigenvalue weighted by Crippen LogP contribution is 2.26. The molecule has 0 fully saturated rings. The number of hydrogen-bond donors (Lipinski definition) is 0. The van der Waals surface area contributed by atoms with Gasteiger partial charge in [0.2, 0.25) is 0 Å². The van der Waals surface area contributed by atoms with E-state index in [0.29, 0.717) is 28.7 Å². The van der Waals surface area contributed by atoms with Crippen LogP contribution in [-0.2, 0) is 4.74 Å². The van der Waals surface area contributed by atoms with Crippen molar-refractivity contribution in [3.8, 4) is 11.8 Å². The number of nitriles is 1. The average Bonchev–Trinajstić information content (AvgIpc) is 3.05. The molecule has 0 N–H and O–H groups in total. The van der Waals surface area contributed by atoms with Crippen LogP contribution in [0.15, 0.2) is 48.7 Å². The van der Waals surface area contributed by atoms with Crippen molar-refractivity contribution in [2.24, 2.45) is 0 Å². The van der Waals surface area contributed by atoms with Gasteiger partial charge in [-0.05, 0) is 49.4 Å². The van der Waals surface area contributed by atoms with Crippen molar-refractivity contribution in [2.75, 3.05) is 20.7 Å². The van der Waals surface area contributed by atoms with Crippen LogP contribution in [0.2, 0.25) is 0 Å². The number of aromatic nitrogens is 1. The molecule has 3 rings (SSSR count). The minimum atomic E-state index is -0.369. The lowest BCUT2D eigenvalue weighted by Gasteiger charge is -2.11. The van der Waals surface area contributed by atoms with E-state index in [1.165, 1.54) is 4.90 Å². The molecule has 136 valence electrons. The molecule has 0 atom stereocenters. The highest BCUT2D eigenvalue weighted by molar-refractivity contribution is 5.99. The number of esters is 1. The summed E-state index contributed by atoms with van der Waals surface area (Å²) in [6, 6.07) is 14.5. The van der Waals surface area contributed by atoms with Crippen LogP contribution >= 0.6 is 0 Å². The van der Waals surface area contributed by atoms with Crippen molar-refractivity contribution < 1.29 is 14.3 Å². The van der Waals surface area contributed by atoms with Crippen LogP contribution in [-0.4, -0.2) is 42.0 Å². The Morgan fingerprint density at radius 2 is 1.78 bits per heavy atom. The molecule has 27 heavy (non-hydrogen) atoms. The Kier molecular flexibility index (Phi) is 4.95. The maximum absolute atomic E-state index is 12.2. The summed E-state index contributed by atoms with van der Waals surface area (Å²) in [5, 5.41) is 10.2. The van der Waals surface area contributed by atoms with E-state index in [2.05, 4.69) is 6.07 Å². The molecule has 0 unspecified atom stereocenters. The summed E-state index contributed by atoms with van der Waals surface area (Å²) >= 11 is 0. The van der Waals surface area contributed by atoms with E-state index < -0.39 is 0 Å². The minimum absolute atomic E-state index is 0.118. The number of nitrogens with zero attached hydrogens (tertiary/aromatic N) is 3. The molecule has 1 amide bonds. The first-order chi connectivity index (χ1) is 13.0. The van der Waals surface area contributed by atoms with E-state index in [9.17, 15) is 14.9 Å². The molecular weight excluding hydrogens is 342 g/mol. The van der Waals surface area contributed by atoms with Gasteiger partial charge in [0.25, 0.3) is 5.91 Å². The minimum Gasteiger partial charge on any atom is -0.462 e. The van der Waals surface area contributed by atoms with E-state index in [1.807, 2.05) is 10.6 Å². The van der Waals surface area contributed by atoms with E-state index in [0.717, 1.165) is 11.2 Å². The van der Waals surface area contributed by atoms with E-state index >= 15 is 0 Å². The van der Waals surface area contributed by atoms with Gasteiger partial charge in [-0.3, -0.25) is 4.79 Å². The standard InChI is InChI=1S/C21H19N3O3/c1-4-27-21(26)14-5-8-17(9-6-14)24-13-16(12-22)18-11-15(7-10-19(18)24)20(25)23(2)3/h5-11,13H,4H2,1-3H3. The molecule has 6 heteroatoms. The predicted octanol–water partition coefficient (Wildman–Crippen LogP) is 3.38. The van der Waals surface area contributed by atoms with Crippen LogP contribution in [0.5, 0.6) is 0 Å². The van der Waals surface area contributed by atoms with Crippen molar-refractivity contribution in [1.29, 1.82) is 5.26 Å². The molecule has 2 aromatic carbocycles. The molecule has 1 aromatic heterocycles. The number of ether oxygens (including phenoxy) is 1. The van der Waals surface area contributed by atoms with Crippen LogP contribution in [0.4, 0.5) is 0 Å². The zero-order chi connectivity index (χ0) is 19.6. The van der Waals surface area contributed by atoms with Crippen LogP contribution in [0.3, 0.4) is 0 Å². The molecular formula is C21H19N3O3. The monoisotopic (exact) mass is 361 g/mol. The lowest BCUT2D eigenvalue weighted by atomic mass is 10.1. The number of benzene rings is 2. The van der Waals surface area contributed by atoms with Gasteiger partial charge >= 0.3 is 5.97 Å². The smallest absolute Gasteiger partial charge is 0.338 e. The Morgan fingerprint density at radius 1 is 1.11 bits per heavy atom. The van der Waals surface area contributed by atoms with E-state index in [-0.39, 0.29) is 11.9 Å². The first kappa shape index (κ1) is 18.2. The molecule has 0 saturated heterocycles. The number of carbonyl (C=O) groups is 2. The summed E-state index contributed by atoms with van der Waals surface area (Å²) < 4.78 is 6.86. The third-order valence-electron chi connectivity index (χ3n) is 4.23.